The molecule has 4 aromatic rings. The molecule has 3 heterocycles. The lowest BCUT2D eigenvalue weighted by molar-refractivity contribution is 0.0664. The number of benzene rings is 2. The molecule has 36 heavy (non-hydrogen) atoms. The summed E-state index contributed by atoms with van der Waals surface area (Å²) >= 11 is 0. The van der Waals surface area contributed by atoms with Crippen LogP contribution in [0.4, 0.5) is 10.5 Å². The van der Waals surface area contributed by atoms with E-state index >= 15 is 0 Å². The van der Waals surface area contributed by atoms with Crippen LogP contribution >= 0.6 is 0 Å². The van der Waals surface area contributed by atoms with Gasteiger partial charge in [-0.05, 0) is 61.5 Å². The highest BCUT2D eigenvalue weighted by Crippen LogP contribution is 2.27. The highest BCUT2D eigenvalue weighted by Gasteiger charge is 2.20. The summed E-state index contributed by atoms with van der Waals surface area (Å²) in [6.45, 7) is 5.74. The highest BCUT2D eigenvalue weighted by molar-refractivity contribution is 5.95. The molecule has 1 aliphatic heterocycles. The number of hydrogen-bond donors (Lipinski definition) is 2. The molecule has 2 aromatic carbocycles. The normalized spacial score (nSPS) is 14.1. The Bertz CT molecular complexity index is 1400. The fourth-order valence-electron chi connectivity index (χ4n) is 4.49. The van der Waals surface area contributed by atoms with E-state index in [0.29, 0.717) is 17.8 Å². The van der Waals surface area contributed by atoms with Crippen molar-refractivity contribution in [3.8, 4) is 22.4 Å². The Labute approximate surface area is 210 Å². The first-order valence-electron chi connectivity index (χ1n) is 12.2. The Kier molecular flexibility index (Phi) is 6.69. The summed E-state index contributed by atoms with van der Waals surface area (Å²) in [5.41, 5.74) is 6.08. The molecular formula is C28H30N6O2. The van der Waals surface area contributed by atoms with Gasteiger partial charge in [-0.25, -0.2) is 9.78 Å². The van der Waals surface area contributed by atoms with Crippen LogP contribution in [0.5, 0.6) is 0 Å². The second-order valence-corrected chi connectivity index (χ2v) is 9.03. The number of urea groups is 1. The van der Waals surface area contributed by atoms with Crippen molar-refractivity contribution in [1.29, 1.82) is 0 Å². The minimum Gasteiger partial charge on any atom is -0.338 e. The maximum absolute atomic E-state index is 13.1. The molecule has 1 aliphatic rings. The molecule has 0 aliphatic carbocycles. The van der Waals surface area contributed by atoms with Crippen LogP contribution in [-0.4, -0.2) is 70.9 Å². The topological polar surface area (TPSA) is 82.0 Å². The van der Waals surface area contributed by atoms with Gasteiger partial charge >= 0.3 is 6.03 Å². The van der Waals surface area contributed by atoms with Crippen molar-refractivity contribution in [2.75, 3.05) is 45.1 Å². The van der Waals surface area contributed by atoms with E-state index in [2.05, 4.69) is 27.6 Å². The second-order valence-electron chi connectivity index (χ2n) is 9.03. The fourth-order valence-corrected chi connectivity index (χ4v) is 4.49. The van der Waals surface area contributed by atoms with E-state index < -0.39 is 0 Å². The molecule has 0 bridgehead atoms. The maximum atomic E-state index is 13.1. The van der Waals surface area contributed by atoms with Crippen molar-refractivity contribution in [3.05, 3.63) is 78.6 Å². The third kappa shape index (κ3) is 4.94. The Morgan fingerprint density at radius 2 is 1.67 bits per heavy atom. The molecule has 0 spiro atoms. The predicted octanol–water partition coefficient (Wildman–Crippen LogP) is 4.20. The minimum atomic E-state index is -0.231. The molecule has 0 atom stereocenters. The number of carbonyl (C=O) groups is 2. The number of anilines is 1. The molecule has 5 rings (SSSR count). The van der Waals surface area contributed by atoms with E-state index in [1.807, 2.05) is 89.3 Å². The van der Waals surface area contributed by atoms with Gasteiger partial charge in [-0.3, -0.25) is 9.20 Å². The molecular weight excluding hydrogens is 452 g/mol. The van der Waals surface area contributed by atoms with Crippen LogP contribution in [0.25, 0.3) is 28.0 Å². The molecule has 0 unspecified atom stereocenters. The van der Waals surface area contributed by atoms with Crippen LogP contribution < -0.4 is 10.6 Å². The quantitative estimate of drug-likeness (QED) is 0.447. The fraction of sp³-hybridized carbons (Fsp3) is 0.250. The molecule has 1 saturated heterocycles. The summed E-state index contributed by atoms with van der Waals surface area (Å²) < 4.78 is 2.02. The van der Waals surface area contributed by atoms with Crippen LogP contribution in [0.3, 0.4) is 0 Å². The van der Waals surface area contributed by atoms with Crippen molar-refractivity contribution >= 4 is 23.3 Å². The molecule has 8 nitrogen and oxygen atoms in total. The van der Waals surface area contributed by atoms with Gasteiger partial charge < -0.3 is 20.4 Å². The predicted molar refractivity (Wildman–Crippen MR) is 142 cm³/mol. The number of hydrogen-bond acceptors (Lipinski definition) is 4. The first kappa shape index (κ1) is 23.6. The van der Waals surface area contributed by atoms with Gasteiger partial charge in [-0.2, -0.15) is 0 Å². The van der Waals surface area contributed by atoms with Crippen LogP contribution in [0.1, 0.15) is 17.3 Å². The number of piperazine rings is 1. The summed E-state index contributed by atoms with van der Waals surface area (Å²) in [7, 11) is 2.08. The van der Waals surface area contributed by atoms with Crippen molar-refractivity contribution in [1.82, 2.24) is 24.5 Å². The second kappa shape index (κ2) is 10.2. The Hall–Kier alpha value is -4.17. The monoisotopic (exact) mass is 482 g/mol. The number of likely N-dealkylation sites (N-methyl/N-ethyl adjacent to an activating group) is 1. The molecule has 2 aromatic heterocycles. The van der Waals surface area contributed by atoms with E-state index in [1.165, 1.54) is 0 Å². The summed E-state index contributed by atoms with van der Waals surface area (Å²) in [5, 5.41) is 5.59. The first-order valence-corrected chi connectivity index (χ1v) is 12.2. The summed E-state index contributed by atoms with van der Waals surface area (Å²) in [4.78, 5) is 33.7. The largest absolute Gasteiger partial charge is 0.338 e. The van der Waals surface area contributed by atoms with Gasteiger partial charge in [0.15, 0.2) is 0 Å². The number of nitrogens with zero attached hydrogens (tertiary/aromatic N) is 4. The Morgan fingerprint density at radius 1 is 0.917 bits per heavy atom. The first-order chi connectivity index (χ1) is 17.5. The third-order valence-corrected chi connectivity index (χ3v) is 6.50. The third-order valence-electron chi connectivity index (χ3n) is 6.50. The van der Waals surface area contributed by atoms with E-state index in [0.717, 1.165) is 54.2 Å². The van der Waals surface area contributed by atoms with Gasteiger partial charge in [0.2, 0.25) is 0 Å². The zero-order valence-corrected chi connectivity index (χ0v) is 20.6. The van der Waals surface area contributed by atoms with Gasteiger partial charge in [-0.1, -0.05) is 24.3 Å². The standard InChI is InChI=1S/C28H30N6O2/c1-3-29-28(36)31-24-9-5-7-22(17-24)25-19-30-26-18-21(10-11-34(25)26)20-6-4-8-23(16-20)27(35)33-14-12-32(2)13-15-33/h4-11,16-19H,3,12-15H2,1-2H3,(H2,29,31,36). The maximum Gasteiger partial charge on any atom is 0.319 e. The van der Waals surface area contributed by atoms with E-state index in [-0.39, 0.29) is 11.9 Å². The average Bonchev–Trinajstić information content (AvgIpc) is 3.32. The zero-order chi connectivity index (χ0) is 25.1. The Balaban J connectivity index is 1.39. The smallest absolute Gasteiger partial charge is 0.319 e. The van der Waals surface area contributed by atoms with Gasteiger partial charge in [0.1, 0.15) is 5.65 Å². The van der Waals surface area contributed by atoms with E-state index in [4.69, 9.17) is 0 Å². The lowest BCUT2D eigenvalue weighted by atomic mass is 10.0. The highest BCUT2D eigenvalue weighted by atomic mass is 16.2. The summed E-state index contributed by atoms with van der Waals surface area (Å²) in [6, 6.07) is 19.3. The number of rotatable bonds is 5. The molecule has 184 valence electrons. The molecule has 1 fully saturated rings. The lowest BCUT2D eigenvalue weighted by Crippen LogP contribution is -2.47. The number of nitrogens with one attached hydrogen (secondary N) is 2. The van der Waals surface area contributed by atoms with Gasteiger partial charge in [0.05, 0.1) is 11.9 Å². The molecule has 3 amide bonds. The van der Waals surface area contributed by atoms with Crippen molar-refractivity contribution < 1.29 is 9.59 Å². The summed E-state index contributed by atoms with van der Waals surface area (Å²) in [6.07, 6.45) is 3.82. The molecule has 0 saturated carbocycles. The average molecular weight is 483 g/mol. The van der Waals surface area contributed by atoms with Crippen LogP contribution in [0, 0.1) is 0 Å². The van der Waals surface area contributed by atoms with Gasteiger partial charge in [0, 0.05) is 55.7 Å². The van der Waals surface area contributed by atoms with Crippen molar-refractivity contribution in [2.24, 2.45) is 0 Å². The van der Waals surface area contributed by atoms with Crippen molar-refractivity contribution in [2.45, 2.75) is 6.92 Å². The molecule has 0 radical (unpaired) electrons. The van der Waals surface area contributed by atoms with E-state index in [1.54, 1.807) is 0 Å². The van der Waals surface area contributed by atoms with Gasteiger partial charge in [0.25, 0.3) is 5.91 Å². The number of amides is 3. The number of fused-ring (bicyclic) bond motifs is 1. The molecule has 8 heteroatoms. The van der Waals surface area contributed by atoms with Crippen LogP contribution in [0.15, 0.2) is 73.1 Å². The zero-order valence-electron chi connectivity index (χ0n) is 20.6. The summed E-state index contributed by atoms with van der Waals surface area (Å²) in [5.74, 6) is 0.0789. The van der Waals surface area contributed by atoms with Crippen LogP contribution in [-0.2, 0) is 0 Å². The van der Waals surface area contributed by atoms with Gasteiger partial charge in [-0.15, -0.1) is 0 Å². The SMILES string of the molecule is CCNC(=O)Nc1cccc(-c2cnc3cc(-c4cccc(C(=O)N5CCN(C)CC5)c4)ccn23)c1. The minimum absolute atomic E-state index is 0.0789. The number of aromatic nitrogens is 2. The van der Waals surface area contributed by atoms with E-state index in [9.17, 15) is 9.59 Å². The number of pyridine rings is 1. The van der Waals surface area contributed by atoms with Crippen molar-refractivity contribution in [3.63, 3.8) is 0 Å². The lowest BCUT2D eigenvalue weighted by Gasteiger charge is -2.32. The van der Waals surface area contributed by atoms with Crippen LogP contribution in [0.2, 0.25) is 0 Å². The number of carbonyl (C=O) groups excluding carboxylic acids is 2. The number of imidazole rings is 1. The Morgan fingerprint density at radius 3 is 2.47 bits per heavy atom. The molecule has 2 N–H and O–H groups in total.